The van der Waals surface area contributed by atoms with Crippen molar-refractivity contribution in [3.05, 3.63) is 0 Å². The number of aliphatic hydroxyl groups is 1. The lowest BCUT2D eigenvalue weighted by Crippen LogP contribution is -2.62. The Hall–Kier alpha value is -0.370. The van der Waals surface area contributed by atoms with Crippen LogP contribution in [-0.2, 0) is 4.79 Å². The van der Waals surface area contributed by atoms with Gasteiger partial charge in [0.15, 0.2) is 0 Å². The summed E-state index contributed by atoms with van der Waals surface area (Å²) < 4.78 is 0. The van der Waals surface area contributed by atoms with E-state index >= 15 is 0 Å². The van der Waals surface area contributed by atoms with Crippen molar-refractivity contribution >= 4 is 5.78 Å². The average molecular weight is 417 g/mol. The largest absolute Gasteiger partial charge is 0.393 e. The topological polar surface area (TPSA) is 37.3 Å². The summed E-state index contributed by atoms with van der Waals surface area (Å²) in [6, 6.07) is 0. The summed E-state index contributed by atoms with van der Waals surface area (Å²) in [5.74, 6) is 4.98. The van der Waals surface area contributed by atoms with E-state index < -0.39 is 0 Å². The van der Waals surface area contributed by atoms with Crippen LogP contribution in [0.4, 0.5) is 0 Å². The van der Waals surface area contributed by atoms with E-state index in [0.29, 0.717) is 29.5 Å². The third kappa shape index (κ3) is 3.34. The van der Waals surface area contributed by atoms with Crippen molar-refractivity contribution < 1.29 is 9.90 Å². The fourth-order valence-electron chi connectivity index (χ4n) is 9.40. The number of carbonyl (C=O) groups is 1. The van der Waals surface area contributed by atoms with Crippen molar-refractivity contribution in [1.82, 2.24) is 0 Å². The summed E-state index contributed by atoms with van der Waals surface area (Å²) in [6.45, 7) is 14.5. The minimum absolute atomic E-state index is 0.0918. The molecule has 1 N–H and O–H groups in total. The van der Waals surface area contributed by atoms with Gasteiger partial charge in [0.05, 0.1) is 6.10 Å². The smallest absolute Gasteiger partial charge is 0.139 e. The molecule has 5 unspecified atom stereocenters. The van der Waals surface area contributed by atoms with Crippen LogP contribution in [0, 0.1) is 51.8 Å². The second-order valence-electron chi connectivity index (χ2n) is 13.2. The molecule has 4 aliphatic carbocycles. The van der Waals surface area contributed by atoms with Gasteiger partial charge in [0.1, 0.15) is 5.78 Å². The van der Waals surface area contributed by atoms with E-state index in [9.17, 15) is 9.90 Å². The number of fused-ring (bicyclic) bond motifs is 5. The lowest BCUT2D eigenvalue weighted by Gasteiger charge is -2.64. The van der Waals surface area contributed by atoms with Crippen molar-refractivity contribution in [3.8, 4) is 0 Å². The van der Waals surface area contributed by atoms with Gasteiger partial charge in [-0.1, -0.05) is 60.8 Å². The second-order valence-corrected chi connectivity index (χ2v) is 13.2. The van der Waals surface area contributed by atoms with Gasteiger partial charge in [0, 0.05) is 11.8 Å². The fraction of sp³-hybridized carbons (Fsp3) is 0.964. The van der Waals surface area contributed by atoms with Crippen LogP contribution in [0.2, 0.25) is 0 Å². The van der Waals surface area contributed by atoms with Crippen LogP contribution in [0.25, 0.3) is 0 Å². The Morgan fingerprint density at radius 1 is 0.967 bits per heavy atom. The molecular formula is C28H48O2. The highest BCUT2D eigenvalue weighted by atomic mass is 16.3. The maximum absolute atomic E-state index is 13.6. The molecule has 0 spiro atoms. The van der Waals surface area contributed by atoms with Crippen molar-refractivity contribution in [1.29, 1.82) is 0 Å². The molecule has 0 radical (unpaired) electrons. The third-order valence-electron chi connectivity index (χ3n) is 11.4. The summed E-state index contributed by atoms with van der Waals surface area (Å²) in [5.41, 5.74) is 0.229. The van der Waals surface area contributed by atoms with Gasteiger partial charge in [-0.3, -0.25) is 4.79 Å². The van der Waals surface area contributed by atoms with E-state index in [0.717, 1.165) is 42.9 Å². The maximum atomic E-state index is 13.6. The third-order valence-corrected chi connectivity index (χ3v) is 11.4. The quantitative estimate of drug-likeness (QED) is 0.522. The highest BCUT2D eigenvalue weighted by Gasteiger charge is 2.66. The zero-order valence-electron chi connectivity index (χ0n) is 20.7. The Morgan fingerprint density at radius 3 is 2.40 bits per heavy atom. The zero-order valence-corrected chi connectivity index (χ0v) is 20.7. The summed E-state index contributed by atoms with van der Waals surface area (Å²) >= 11 is 0. The van der Waals surface area contributed by atoms with E-state index in [4.69, 9.17) is 0 Å². The first-order valence-corrected chi connectivity index (χ1v) is 13.2. The molecule has 9 atom stereocenters. The summed E-state index contributed by atoms with van der Waals surface area (Å²) in [5, 5.41) is 10.4. The highest BCUT2D eigenvalue weighted by molar-refractivity contribution is 5.87. The molecule has 2 nitrogen and oxygen atoms in total. The minimum atomic E-state index is -0.304. The Morgan fingerprint density at radius 2 is 1.70 bits per heavy atom. The molecule has 0 aromatic carbocycles. The molecule has 0 amide bonds. The van der Waals surface area contributed by atoms with Crippen LogP contribution < -0.4 is 0 Å². The first-order chi connectivity index (χ1) is 14.0. The molecule has 4 rings (SSSR count). The van der Waals surface area contributed by atoms with Gasteiger partial charge in [-0.25, -0.2) is 0 Å². The van der Waals surface area contributed by atoms with Crippen molar-refractivity contribution in [2.75, 3.05) is 0 Å². The molecule has 4 fully saturated rings. The molecule has 2 heteroatoms. The molecule has 4 saturated carbocycles. The molecular weight excluding hydrogens is 368 g/mol. The van der Waals surface area contributed by atoms with E-state index in [1.807, 2.05) is 0 Å². The first-order valence-electron chi connectivity index (χ1n) is 13.2. The van der Waals surface area contributed by atoms with Gasteiger partial charge >= 0.3 is 0 Å². The number of hydrogen-bond donors (Lipinski definition) is 1. The molecule has 30 heavy (non-hydrogen) atoms. The molecule has 0 aliphatic heterocycles. The molecule has 0 aromatic rings. The molecule has 0 aromatic heterocycles. The van der Waals surface area contributed by atoms with Crippen molar-refractivity contribution in [2.45, 2.75) is 118 Å². The first kappa shape index (κ1) is 22.8. The fourth-order valence-corrected chi connectivity index (χ4v) is 9.40. The average Bonchev–Trinajstić information content (AvgIpc) is 3.01. The van der Waals surface area contributed by atoms with E-state index in [-0.39, 0.29) is 16.9 Å². The summed E-state index contributed by atoms with van der Waals surface area (Å²) in [7, 11) is 0. The Bertz CT molecular complexity index is 655. The van der Waals surface area contributed by atoms with Crippen LogP contribution >= 0.6 is 0 Å². The number of hydrogen-bond acceptors (Lipinski definition) is 2. The van der Waals surface area contributed by atoms with Gasteiger partial charge in [-0.2, -0.15) is 0 Å². The zero-order chi connectivity index (χ0) is 21.9. The predicted octanol–water partition coefficient (Wildman–Crippen LogP) is 7.04. The van der Waals surface area contributed by atoms with Crippen LogP contribution in [0.5, 0.6) is 0 Å². The van der Waals surface area contributed by atoms with E-state index in [2.05, 4.69) is 41.5 Å². The Balaban J connectivity index is 1.54. The molecule has 4 aliphatic rings. The van der Waals surface area contributed by atoms with Gasteiger partial charge in [-0.15, -0.1) is 0 Å². The number of carbonyl (C=O) groups excluding carboxylic acids is 1. The number of ketones is 1. The number of rotatable bonds is 5. The lowest BCUT2D eigenvalue weighted by atomic mass is 9.40. The number of aliphatic hydroxyl groups excluding tert-OH is 1. The monoisotopic (exact) mass is 416 g/mol. The standard InChI is InChI=1S/C28H48O2/c1-18(2)8-7-9-19(3)22-10-11-23-21-16-25(30)28(6)17-20(29)12-15-27(28,5)24(21)13-14-26(22,23)4/h18-24,29H,7-17H2,1-6H3/t19?,20-,21?,22?,23?,24?,26+,27+,28+/m0/s1. The maximum Gasteiger partial charge on any atom is 0.139 e. The Labute approximate surface area is 186 Å². The van der Waals surface area contributed by atoms with Gasteiger partial charge < -0.3 is 5.11 Å². The van der Waals surface area contributed by atoms with Gasteiger partial charge in [-0.05, 0) is 91.3 Å². The SMILES string of the molecule is CC(C)CCCC(C)C1CCC2C3CC(=O)[C@@]4(C)C[C@@H](O)CC[C@]4(C)C3CC[C@]12C. The minimum Gasteiger partial charge on any atom is -0.393 e. The van der Waals surface area contributed by atoms with E-state index in [1.165, 1.54) is 44.9 Å². The van der Waals surface area contributed by atoms with Crippen molar-refractivity contribution in [2.24, 2.45) is 51.8 Å². The summed E-state index contributed by atoms with van der Waals surface area (Å²) in [4.78, 5) is 13.6. The van der Waals surface area contributed by atoms with Gasteiger partial charge in [0.2, 0.25) is 0 Å². The molecule has 0 saturated heterocycles. The predicted molar refractivity (Wildman–Crippen MR) is 124 cm³/mol. The van der Waals surface area contributed by atoms with Crippen LogP contribution in [-0.4, -0.2) is 17.0 Å². The molecule has 0 bridgehead atoms. The lowest BCUT2D eigenvalue weighted by molar-refractivity contribution is -0.182. The van der Waals surface area contributed by atoms with Crippen LogP contribution in [0.3, 0.4) is 0 Å². The Kier molecular flexibility index (Phi) is 6.00. The van der Waals surface area contributed by atoms with E-state index in [1.54, 1.807) is 0 Å². The van der Waals surface area contributed by atoms with Crippen LogP contribution in [0.15, 0.2) is 0 Å². The van der Waals surface area contributed by atoms with Crippen molar-refractivity contribution in [3.63, 3.8) is 0 Å². The molecule has 0 heterocycles. The van der Waals surface area contributed by atoms with Gasteiger partial charge in [0.25, 0.3) is 0 Å². The highest BCUT2D eigenvalue weighted by Crippen LogP contribution is 2.70. The summed E-state index contributed by atoms with van der Waals surface area (Å²) in [6.07, 6.45) is 12.7. The van der Waals surface area contributed by atoms with Crippen LogP contribution in [0.1, 0.15) is 112 Å². The second kappa shape index (κ2) is 7.89. The normalized spacial score (nSPS) is 49.5. The number of Topliss-reactive ketones (excluding diaryl/α,β-unsaturated/α-hetero) is 1. The molecule has 172 valence electrons.